The van der Waals surface area contributed by atoms with Gasteiger partial charge in [0, 0.05) is 18.1 Å². The van der Waals surface area contributed by atoms with Crippen molar-refractivity contribution in [2.75, 3.05) is 32.9 Å². The van der Waals surface area contributed by atoms with Gasteiger partial charge < -0.3 is 24.0 Å². The minimum Gasteiger partial charge on any atom is -0.482 e. The molecule has 164 valence electrons. The van der Waals surface area contributed by atoms with E-state index in [4.69, 9.17) is 37.0 Å². The summed E-state index contributed by atoms with van der Waals surface area (Å²) >= 11 is 11.8. The van der Waals surface area contributed by atoms with Gasteiger partial charge in [-0.25, -0.2) is 0 Å². The van der Waals surface area contributed by atoms with Gasteiger partial charge in [0.25, 0.3) is 11.8 Å². The van der Waals surface area contributed by atoms with Crippen molar-refractivity contribution in [2.24, 2.45) is 0 Å². The van der Waals surface area contributed by atoms with E-state index in [1.165, 1.54) is 17.0 Å². The van der Waals surface area contributed by atoms with E-state index in [0.717, 1.165) is 0 Å². The number of ether oxygens (including phenoxy) is 1. The molecule has 8 nitrogen and oxygen atoms in total. The second kappa shape index (κ2) is 12.4. The summed E-state index contributed by atoms with van der Waals surface area (Å²) in [5.74, 6) is -2.48. The van der Waals surface area contributed by atoms with E-state index in [2.05, 4.69) is 5.32 Å². The van der Waals surface area contributed by atoms with Crippen LogP contribution in [0.4, 0.5) is 0 Å². The van der Waals surface area contributed by atoms with Gasteiger partial charge in [0.2, 0.25) is 5.78 Å². The number of carbonyl (C=O) groups excluding carboxylic acids is 2. The maximum atomic E-state index is 13.2. The van der Waals surface area contributed by atoms with Gasteiger partial charge in [0.1, 0.15) is 5.75 Å². The molecule has 0 saturated carbocycles. The smallest absolute Gasteiger partial charge is 0.362 e. The maximum absolute atomic E-state index is 13.2. The summed E-state index contributed by atoms with van der Waals surface area (Å²) in [5, 5.41) is 3.09. The number of benzene rings is 1. The number of likely N-dealkylation sites (N-methyl/N-ethyl adjacent to an activating group) is 1. The number of rotatable bonds is 12. The summed E-state index contributed by atoms with van der Waals surface area (Å²) in [6.45, 7) is 7.18. The highest BCUT2D eigenvalue weighted by Gasteiger charge is 2.44. The molecule has 0 aliphatic rings. The Labute approximate surface area is 181 Å². The first-order valence-electron chi connectivity index (χ1n) is 9.27. The molecule has 0 aromatic heterocycles. The highest BCUT2D eigenvalue weighted by molar-refractivity contribution is 7.55. The van der Waals surface area contributed by atoms with E-state index in [1.54, 1.807) is 33.8 Å². The summed E-state index contributed by atoms with van der Waals surface area (Å²) in [6.07, 6.45) is 0. The number of hydrogen-bond donors (Lipinski definition) is 1. The van der Waals surface area contributed by atoms with Gasteiger partial charge in [0.15, 0.2) is 6.61 Å². The minimum atomic E-state index is -3.95. The summed E-state index contributed by atoms with van der Waals surface area (Å²) in [4.78, 5) is 26.8. The SMILES string of the molecule is CCOP(=O)(OCC)[C@H](NC(=O)COc1ccc(Cl)cc1Cl)C(=O)N(CC)CC. The average Bonchev–Trinajstić information content (AvgIpc) is 2.66. The standard InChI is InChI=1S/C18H27Cl2N2O6P/c1-5-22(6-2)18(24)17(29(25,27-7-3)28-8-4)21-16(23)12-26-15-10-9-13(19)11-14(15)20/h9-11,17H,5-8,12H2,1-4H3,(H,21,23)/t17-/m0/s1. The normalized spacial score (nSPS) is 12.3. The lowest BCUT2D eigenvalue weighted by Crippen LogP contribution is -2.50. The number of nitrogens with one attached hydrogen (secondary N) is 1. The molecule has 0 aliphatic carbocycles. The van der Waals surface area contributed by atoms with Gasteiger partial charge in [-0.1, -0.05) is 23.2 Å². The van der Waals surface area contributed by atoms with Crippen molar-refractivity contribution < 1.29 is 27.9 Å². The van der Waals surface area contributed by atoms with Crippen LogP contribution in [0.3, 0.4) is 0 Å². The number of amides is 2. The van der Waals surface area contributed by atoms with Crippen LogP contribution in [0.1, 0.15) is 27.7 Å². The second-order valence-corrected chi connectivity index (χ2v) is 8.68. The predicted molar refractivity (Wildman–Crippen MR) is 113 cm³/mol. The van der Waals surface area contributed by atoms with E-state index in [1.807, 2.05) is 0 Å². The van der Waals surface area contributed by atoms with Crippen LogP contribution in [0.5, 0.6) is 5.75 Å². The molecule has 1 rings (SSSR count). The van der Waals surface area contributed by atoms with E-state index < -0.39 is 31.8 Å². The van der Waals surface area contributed by atoms with E-state index in [9.17, 15) is 14.2 Å². The summed E-state index contributed by atoms with van der Waals surface area (Å²) < 4.78 is 29.2. The van der Waals surface area contributed by atoms with Gasteiger partial charge >= 0.3 is 7.60 Å². The summed E-state index contributed by atoms with van der Waals surface area (Å²) in [7, 11) is -3.95. The van der Waals surface area contributed by atoms with Gasteiger partial charge in [-0.15, -0.1) is 0 Å². The average molecular weight is 469 g/mol. The molecule has 0 unspecified atom stereocenters. The van der Waals surface area contributed by atoms with Crippen LogP contribution in [0.15, 0.2) is 18.2 Å². The first-order chi connectivity index (χ1) is 13.7. The number of hydrogen-bond acceptors (Lipinski definition) is 6. The Balaban J connectivity index is 3.01. The molecule has 1 atom stereocenters. The van der Waals surface area contributed by atoms with Crippen molar-refractivity contribution in [3.05, 3.63) is 28.2 Å². The molecule has 1 aromatic carbocycles. The Hall–Kier alpha value is -1.31. The van der Waals surface area contributed by atoms with Crippen LogP contribution in [0.25, 0.3) is 0 Å². The lowest BCUT2D eigenvalue weighted by atomic mass is 10.3. The predicted octanol–water partition coefficient (Wildman–Crippen LogP) is 3.95. The zero-order chi connectivity index (χ0) is 22.0. The third kappa shape index (κ3) is 7.46. The molecule has 0 fully saturated rings. The molecule has 1 N–H and O–H groups in total. The topological polar surface area (TPSA) is 94.2 Å². The molecule has 1 aromatic rings. The molecular formula is C18H27Cl2N2O6P. The maximum Gasteiger partial charge on any atom is 0.362 e. The molecule has 0 saturated heterocycles. The Morgan fingerprint density at radius 3 is 2.17 bits per heavy atom. The monoisotopic (exact) mass is 468 g/mol. The fourth-order valence-corrected chi connectivity index (χ4v) is 4.75. The molecule has 0 radical (unpaired) electrons. The van der Waals surface area contributed by atoms with Crippen molar-refractivity contribution in [2.45, 2.75) is 33.5 Å². The molecule has 0 heterocycles. The van der Waals surface area contributed by atoms with Crippen LogP contribution in [0, 0.1) is 0 Å². The molecular weight excluding hydrogens is 442 g/mol. The van der Waals surface area contributed by atoms with Crippen LogP contribution in [-0.4, -0.2) is 55.4 Å². The van der Waals surface area contributed by atoms with Crippen LogP contribution in [-0.2, 0) is 23.2 Å². The molecule has 29 heavy (non-hydrogen) atoms. The van der Waals surface area contributed by atoms with Crippen molar-refractivity contribution in [3.8, 4) is 5.75 Å². The molecule has 11 heteroatoms. The van der Waals surface area contributed by atoms with Crippen LogP contribution in [0.2, 0.25) is 10.0 Å². The van der Waals surface area contributed by atoms with Gasteiger partial charge in [0.05, 0.1) is 18.2 Å². The highest BCUT2D eigenvalue weighted by Crippen LogP contribution is 2.52. The Morgan fingerprint density at radius 2 is 1.69 bits per heavy atom. The minimum absolute atomic E-state index is 0.0477. The second-order valence-electron chi connectivity index (χ2n) is 5.72. The number of nitrogens with zero attached hydrogens (tertiary/aromatic N) is 1. The van der Waals surface area contributed by atoms with E-state index >= 15 is 0 Å². The van der Waals surface area contributed by atoms with E-state index in [0.29, 0.717) is 18.1 Å². The fourth-order valence-electron chi connectivity index (χ4n) is 2.46. The van der Waals surface area contributed by atoms with Crippen molar-refractivity contribution in [1.82, 2.24) is 10.2 Å². The number of carbonyl (C=O) groups is 2. The first-order valence-corrected chi connectivity index (χ1v) is 11.6. The largest absolute Gasteiger partial charge is 0.482 e. The van der Waals surface area contributed by atoms with Crippen molar-refractivity contribution >= 4 is 42.6 Å². The van der Waals surface area contributed by atoms with Gasteiger partial charge in [-0.05, 0) is 45.9 Å². The highest BCUT2D eigenvalue weighted by atomic mass is 35.5. The Kier molecular flexibility index (Phi) is 11.0. The van der Waals surface area contributed by atoms with Crippen molar-refractivity contribution in [1.29, 1.82) is 0 Å². The fraction of sp³-hybridized carbons (Fsp3) is 0.556. The molecule has 0 aliphatic heterocycles. The Bertz CT molecular complexity index is 735. The lowest BCUT2D eigenvalue weighted by molar-refractivity contribution is -0.134. The molecule has 0 spiro atoms. The lowest BCUT2D eigenvalue weighted by Gasteiger charge is -2.30. The van der Waals surface area contributed by atoms with Crippen LogP contribution >= 0.6 is 30.8 Å². The summed E-state index contributed by atoms with van der Waals surface area (Å²) in [6, 6.07) is 4.55. The molecule has 2 amide bonds. The first kappa shape index (κ1) is 25.7. The number of halogens is 2. The van der Waals surface area contributed by atoms with Gasteiger partial charge in [-0.2, -0.15) is 0 Å². The quantitative estimate of drug-likeness (QED) is 0.466. The third-order valence-corrected chi connectivity index (χ3v) is 6.54. The zero-order valence-corrected chi connectivity index (χ0v) is 19.4. The third-order valence-electron chi connectivity index (χ3n) is 3.79. The van der Waals surface area contributed by atoms with Gasteiger partial charge in [-0.3, -0.25) is 14.2 Å². The Morgan fingerprint density at radius 1 is 1.10 bits per heavy atom. The molecule has 0 bridgehead atoms. The van der Waals surface area contributed by atoms with Crippen molar-refractivity contribution in [3.63, 3.8) is 0 Å². The van der Waals surface area contributed by atoms with E-state index in [-0.39, 0.29) is 24.0 Å². The van der Waals surface area contributed by atoms with Crippen LogP contribution < -0.4 is 10.1 Å². The summed E-state index contributed by atoms with van der Waals surface area (Å²) in [5.41, 5.74) is 0. The zero-order valence-electron chi connectivity index (χ0n) is 16.9.